The fourth-order valence-electron chi connectivity index (χ4n) is 6.37. The van der Waals surface area contributed by atoms with Crippen molar-refractivity contribution in [2.24, 2.45) is 5.92 Å². The van der Waals surface area contributed by atoms with E-state index in [4.69, 9.17) is 4.74 Å². The third kappa shape index (κ3) is 11.6. The lowest BCUT2D eigenvalue weighted by Crippen LogP contribution is -2.31. The number of aliphatic hydroxyl groups is 1. The highest BCUT2D eigenvalue weighted by Crippen LogP contribution is 2.44. The molecule has 1 aliphatic heterocycles. The maximum Gasteiger partial charge on any atom is 0.314 e. The summed E-state index contributed by atoms with van der Waals surface area (Å²) in [7, 11) is 1.36. The molecule has 3 rings (SSSR count). The minimum absolute atomic E-state index is 0.00928. The summed E-state index contributed by atoms with van der Waals surface area (Å²) < 4.78 is 5.14. The van der Waals surface area contributed by atoms with Crippen molar-refractivity contribution in [3.8, 4) is 0 Å². The average molecular weight is 590 g/mol. The van der Waals surface area contributed by atoms with Gasteiger partial charge in [0.05, 0.1) is 13.2 Å². The Labute approximate surface area is 260 Å². The average Bonchev–Trinajstić information content (AvgIpc) is 3.31. The zero-order chi connectivity index (χ0) is 30.7. The highest BCUT2D eigenvalue weighted by molar-refractivity contribution is 5.90. The van der Waals surface area contributed by atoms with E-state index in [0.717, 1.165) is 31.2 Å². The molecule has 2 aromatic rings. The minimum Gasteiger partial charge on any atom is -0.469 e. The van der Waals surface area contributed by atoms with E-state index < -0.39 is 24.0 Å². The van der Waals surface area contributed by atoms with Crippen LogP contribution >= 0.6 is 0 Å². The third-order valence-corrected chi connectivity index (χ3v) is 8.84. The standard InChI is InChI=1S/C38H55NO4/c1-3-4-5-6-7-8-9-10-11-12-13-14-15-22-27-33(40)30-34-37(41)35(38(42)43-2)36(32-25-20-17-21-26-32)39(34)29-28-31-23-18-16-19-24-31/h16-21,23-26,30,35-37,41H,3-15,22,27-29H2,1-2H3/b34-30+/t35-,36-,37-/m0/s1. The first-order valence-electron chi connectivity index (χ1n) is 16.9. The van der Waals surface area contributed by atoms with Gasteiger partial charge in [0, 0.05) is 24.7 Å². The molecule has 1 heterocycles. The number of esters is 1. The molecule has 43 heavy (non-hydrogen) atoms. The van der Waals surface area contributed by atoms with E-state index in [1.165, 1.54) is 83.3 Å². The van der Waals surface area contributed by atoms with Gasteiger partial charge in [0.2, 0.25) is 0 Å². The highest BCUT2D eigenvalue weighted by atomic mass is 16.5. The molecule has 1 fully saturated rings. The van der Waals surface area contributed by atoms with Crippen LogP contribution in [0.5, 0.6) is 0 Å². The fraction of sp³-hybridized carbons (Fsp3) is 0.579. The zero-order valence-electron chi connectivity index (χ0n) is 26.7. The van der Waals surface area contributed by atoms with Gasteiger partial charge in [-0.3, -0.25) is 9.59 Å². The van der Waals surface area contributed by atoms with E-state index in [0.29, 0.717) is 18.7 Å². The van der Waals surface area contributed by atoms with Gasteiger partial charge in [0.15, 0.2) is 5.78 Å². The fourth-order valence-corrected chi connectivity index (χ4v) is 6.37. The number of unbranched alkanes of at least 4 members (excludes halogenated alkanes) is 13. The van der Waals surface area contributed by atoms with Crippen LogP contribution in [0.3, 0.4) is 0 Å². The number of methoxy groups -OCH3 is 1. The van der Waals surface area contributed by atoms with Crippen LogP contribution in [0.15, 0.2) is 72.4 Å². The summed E-state index contributed by atoms with van der Waals surface area (Å²) >= 11 is 0. The zero-order valence-corrected chi connectivity index (χ0v) is 26.7. The molecule has 0 radical (unpaired) electrons. The number of carbonyl (C=O) groups excluding carboxylic acids is 2. The number of hydrogen-bond donors (Lipinski definition) is 1. The summed E-state index contributed by atoms with van der Waals surface area (Å²) in [6.07, 6.45) is 19.5. The molecule has 0 saturated carbocycles. The lowest BCUT2D eigenvalue weighted by atomic mass is 9.91. The van der Waals surface area contributed by atoms with Crippen molar-refractivity contribution in [1.29, 1.82) is 0 Å². The molecule has 5 nitrogen and oxygen atoms in total. The topological polar surface area (TPSA) is 66.8 Å². The van der Waals surface area contributed by atoms with E-state index >= 15 is 0 Å². The largest absolute Gasteiger partial charge is 0.469 e. The second-order valence-corrected chi connectivity index (χ2v) is 12.2. The van der Waals surface area contributed by atoms with Gasteiger partial charge in [0.1, 0.15) is 12.0 Å². The summed E-state index contributed by atoms with van der Waals surface area (Å²) in [5.41, 5.74) is 2.61. The Balaban J connectivity index is 1.52. The summed E-state index contributed by atoms with van der Waals surface area (Å²) in [6.45, 7) is 2.84. The van der Waals surface area contributed by atoms with Crippen molar-refractivity contribution in [2.45, 2.75) is 122 Å². The summed E-state index contributed by atoms with van der Waals surface area (Å²) in [5.74, 6) is -1.26. The molecule has 0 aliphatic carbocycles. The maximum atomic E-state index is 13.1. The summed E-state index contributed by atoms with van der Waals surface area (Å²) in [5, 5.41) is 11.4. The Bertz CT molecular complexity index is 1080. The number of nitrogens with zero attached hydrogens (tertiary/aromatic N) is 1. The predicted octanol–water partition coefficient (Wildman–Crippen LogP) is 8.76. The van der Waals surface area contributed by atoms with Gasteiger partial charge in [-0.1, -0.05) is 151 Å². The first-order valence-corrected chi connectivity index (χ1v) is 16.9. The molecule has 0 unspecified atom stereocenters. The van der Waals surface area contributed by atoms with Crippen molar-refractivity contribution in [2.75, 3.05) is 13.7 Å². The van der Waals surface area contributed by atoms with Crippen LogP contribution in [0.2, 0.25) is 0 Å². The van der Waals surface area contributed by atoms with E-state index in [1.807, 2.05) is 48.5 Å². The minimum atomic E-state index is -1.10. The SMILES string of the molecule is CCCCCCCCCCCCCCCCC(=O)/C=C1\[C@H](O)[C@@H](C(=O)OC)[C@H](c2ccccc2)N1CCc1ccccc1. The van der Waals surface area contributed by atoms with Gasteiger partial charge in [-0.25, -0.2) is 0 Å². The van der Waals surface area contributed by atoms with Crippen molar-refractivity contribution >= 4 is 11.8 Å². The molecule has 3 atom stereocenters. The molecular weight excluding hydrogens is 534 g/mol. The first kappa shape index (κ1) is 34.6. The van der Waals surface area contributed by atoms with Gasteiger partial charge in [-0.2, -0.15) is 0 Å². The van der Waals surface area contributed by atoms with Crippen LogP contribution in [0.25, 0.3) is 0 Å². The smallest absolute Gasteiger partial charge is 0.314 e. The molecule has 1 saturated heterocycles. The van der Waals surface area contributed by atoms with Crippen molar-refractivity contribution in [3.63, 3.8) is 0 Å². The van der Waals surface area contributed by atoms with E-state index in [2.05, 4.69) is 24.0 Å². The molecule has 236 valence electrons. The number of carbonyl (C=O) groups is 2. The first-order chi connectivity index (χ1) is 21.1. The summed E-state index contributed by atoms with van der Waals surface area (Å²) in [4.78, 5) is 28.2. The van der Waals surface area contributed by atoms with E-state index in [9.17, 15) is 14.7 Å². The number of ketones is 1. The second-order valence-electron chi connectivity index (χ2n) is 12.2. The Kier molecular flexibility index (Phi) is 16.2. The maximum absolute atomic E-state index is 13.1. The van der Waals surface area contributed by atoms with Gasteiger partial charge < -0.3 is 14.7 Å². The Morgan fingerprint density at radius 1 is 0.767 bits per heavy atom. The van der Waals surface area contributed by atoms with Crippen molar-refractivity contribution in [1.82, 2.24) is 4.90 Å². The number of benzene rings is 2. The van der Waals surface area contributed by atoms with Crippen LogP contribution in [0, 0.1) is 5.92 Å². The molecule has 0 spiro atoms. The van der Waals surface area contributed by atoms with E-state index in [1.54, 1.807) is 6.08 Å². The Morgan fingerprint density at radius 3 is 1.81 bits per heavy atom. The number of allylic oxidation sites excluding steroid dienone is 1. The van der Waals surface area contributed by atoms with Crippen molar-refractivity contribution < 1.29 is 19.4 Å². The Morgan fingerprint density at radius 2 is 1.28 bits per heavy atom. The molecule has 1 N–H and O–H groups in total. The van der Waals surface area contributed by atoms with Crippen LogP contribution in [-0.2, 0) is 20.7 Å². The number of likely N-dealkylation sites (tertiary alicyclic amines) is 1. The lowest BCUT2D eigenvalue weighted by Gasteiger charge is -2.30. The van der Waals surface area contributed by atoms with Crippen LogP contribution in [-0.4, -0.2) is 41.5 Å². The molecule has 1 aliphatic rings. The molecular formula is C38H55NO4. The number of rotatable bonds is 21. The third-order valence-electron chi connectivity index (χ3n) is 8.84. The van der Waals surface area contributed by atoms with Gasteiger partial charge in [-0.05, 0) is 24.0 Å². The van der Waals surface area contributed by atoms with Crippen LogP contribution in [0.1, 0.15) is 120 Å². The highest BCUT2D eigenvalue weighted by Gasteiger charge is 2.49. The monoisotopic (exact) mass is 589 g/mol. The van der Waals surface area contributed by atoms with Crippen LogP contribution in [0.4, 0.5) is 0 Å². The normalized spacial score (nSPS) is 19.2. The lowest BCUT2D eigenvalue weighted by molar-refractivity contribution is -0.149. The number of aliphatic hydroxyl groups excluding tert-OH is 1. The van der Waals surface area contributed by atoms with Gasteiger partial charge in [0.25, 0.3) is 0 Å². The molecule has 0 aromatic heterocycles. The molecule has 0 amide bonds. The number of ether oxygens (including phenoxy) is 1. The Hall–Kier alpha value is -2.92. The summed E-state index contributed by atoms with van der Waals surface area (Å²) in [6, 6.07) is 19.5. The van der Waals surface area contributed by atoms with Gasteiger partial charge in [-0.15, -0.1) is 0 Å². The molecule has 5 heteroatoms. The van der Waals surface area contributed by atoms with Crippen LogP contribution < -0.4 is 0 Å². The molecule has 0 bridgehead atoms. The number of hydrogen-bond acceptors (Lipinski definition) is 5. The van der Waals surface area contributed by atoms with Gasteiger partial charge >= 0.3 is 5.97 Å². The second kappa shape index (κ2) is 20.1. The quantitative estimate of drug-likeness (QED) is 0.0896. The van der Waals surface area contributed by atoms with Crippen molar-refractivity contribution in [3.05, 3.63) is 83.6 Å². The predicted molar refractivity (Wildman–Crippen MR) is 176 cm³/mol. The van der Waals surface area contributed by atoms with E-state index in [-0.39, 0.29) is 5.78 Å². The molecule has 2 aromatic carbocycles.